The largest absolute Gasteiger partial charge is 0.374 e. The fraction of sp³-hybridized carbons (Fsp3) is 0.917. The zero-order valence-corrected chi connectivity index (χ0v) is 17.2. The lowest BCUT2D eigenvalue weighted by atomic mass is 9.71. The number of rotatable bonds is 11. The van der Waals surface area contributed by atoms with E-state index in [9.17, 15) is 0 Å². The third-order valence-corrected chi connectivity index (χ3v) is 6.79. The Kier molecular flexibility index (Phi) is 10.2. The highest BCUT2D eigenvalue weighted by molar-refractivity contribution is 5.01. The molecule has 1 heteroatoms. The molecule has 0 aromatic heterocycles. The molecule has 0 radical (unpaired) electrons. The van der Waals surface area contributed by atoms with Crippen molar-refractivity contribution in [3.05, 3.63) is 12.2 Å². The predicted molar refractivity (Wildman–Crippen MR) is 110 cm³/mol. The maximum atomic E-state index is 6.21. The number of hydrogen-bond acceptors (Lipinski definition) is 1. The lowest BCUT2D eigenvalue weighted by molar-refractivity contribution is 0.0329. The van der Waals surface area contributed by atoms with Gasteiger partial charge in [-0.25, -0.2) is 0 Å². The maximum Gasteiger partial charge on any atom is 0.0651 e. The minimum Gasteiger partial charge on any atom is -0.374 e. The SMILES string of the molecule is CCCCCC1CCC(OC/C=C/C2(CCCC)CCCCC2)CC1. The van der Waals surface area contributed by atoms with Crippen LogP contribution < -0.4 is 0 Å². The van der Waals surface area contributed by atoms with Gasteiger partial charge in [-0.15, -0.1) is 0 Å². The fourth-order valence-corrected chi connectivity index (χ4v) is 5.04. The molecular weight excluding hydrogens is 304 g/mol. The minimum absolute atomic E-state index is 0.508. The van der Waals surface area contributed by atoms with Gasteiger partial charge in [0.1, 0.15) is 0 Å². The molecule has 2 fully saturated rings. The normalized spacial score (nSPS) is 27.0. The van der Waals surface area contributed by atoms with Gasteiger partial charge in [-0.2, -0.15) is 0 Å². The van der Waals surface area contributed by atoms with Crippen LogP contribution in [0.4, 0.5) is 0 Å². The van der Waals surface area contributed by atoms with E-state index in [1.807, 2.05) is 0 Å². The van der Waals surface area contributed by atoms with Crippen molar-refractivity contribution in [1.29, 1.82) is 0 Å². The van der Waals surface area contributed by atoms with Crippen molar-refractivity contribution in [2.75, 3.05) is 6.61 Å². The van der Waals surface area contributed by atoms with Crippen LogP contribution in [0.15, 0.2) is 12.2 Å². The van der Waals surface area contributed by atoms with Crippen LogP contribution in [0.3, 0.4) is 0 Å². The second-order valence-electron chi connectivity index (χ2n) is 8.90. The van der Waals surface area contributed by atoms with E-state index in [0.29, 0.717) is 11.5 Å². The summed E-state index contributed by atoms with van der Waals surface area (Å²) in [7, 11) is 0. The Morgan fingerprint density at radius 2 is 1.60 bits per heavy atom. The first-order valence-corrected chi connectivity index (χ1v) is 11.6. The van der Waals surface area contributed by atoms with Crippen LogP contribution in [-0.2, 0) is 4.74 Å². The van der Waals surface area contributed by atoms with Crippen molar-refractivity contribution in [3.63, 3.8) is 0 Å². The highest BCUT2D eigenvalue weighted by Crippen LogP contribution is 2.41. The van der Waals surface area contributed by atoms with Crippen LogP contribution >= 0.6 is 0 Å². The second kappa shape index (κ2) is 12.2. The molecule has 2 aliphatic rings. The summed E-state index contributed by atoms with van der Waals surface area (Å²) >= 11 is 0. The van der Waals surface area contributed by atoms with Gasteiger partial charge in [0.05, 0.1) is 12.7 Å². The molecular formula is C24H44O. The van der Waals surface area contributed by atoms with Crippen molar-refractivity contribution < 1.29 is 4.74 Å². The lowest BCUT2D eigenvalue weighted by Gasteiger charge is -2.35. The van der Waals surface area contributed by atoms with Crippen LogP contribution in [0.1, 0.15) is 117 Å². The third kappa shape index (κ3) is 7.85. The summed E-state index contributed by atoms with van der Waals surface area (Å²) in [6.45, 7) is 5.47. The number of ether oxygens (including phenoxy) is 1. The minimum atomic E-state index is 0.508. The average molecular weight is 349 g/mol. The molecule has 25 heavy (non-hydrogen) atoms. The molecule has 0 spiro atoms. The average Bonchev–Trinajstić information content (AvgIpc) is 2.66. The molecule has 0 aromatic carbocycles. The Morgan fingerprint density at radius 3 is 2.28 bits per heavy atom. The molecule has 0 bridgehead atoms. The summed E-state index contributed by atoms with van der Waals surface area (Å²) in [6, 6.07) is 0. The Hall–Kier alpha value is -0.300. The van der Waals surface area contributed by atoms with E-state index in [1.54, 1.807) is 0 Å². The van der Waals surface area contributed by atoms with Crippen molar-refractivity contribution >= 4 is 0 Å². The first kappa shape index (κ1) is 21.0. The number of hydrogen-bond donors (Lipinski definition) is 0. The van der Waals surface area contributed by atoms with E-state index in [2.05, 4.69) is 26.0 Å². The van der Waals surface area contributed by atoms with E-state index < -0.39 is 0 Å². The molecule has 146 valence electrons. The smallest absolute Gasteiger partial charge is 0.0651 e. The fourth-order valence-electron chi connectivity index (χ4n) is 5.04. The summed E-state index contributed by atoms with van der Waals surface area (Å²) in [5, 5.41) is 0. The Morgan fingerprint density at radius 1 is 0.880 bits per heavy atom. The van der Waals surface area contributed by atoms with Gasteiger partial charge in [-0.3, -0.25) is 0 Å². The highest BCUT2D eigenvalue weighted by Gasteiger charge is 2.28. The Balaban J connectivity index is 1.64. The first-order valence-electron chi connectivity index (χ1n) is 11.6. The molecule has 0 amide bonds. The van der Waals surface area contributed by atoms with Gasteiger partial charge in [0, 0.05) is 0 Å². The van der Waals surface area contributed by atoms with Crippen LogP contribution in [0.2, 0.25) is 0 Å². The Labute approximate surface area is 158 Å². The van der Waals surface area contributed by atoms with E-state index in [1.165, 1.54) is 103 Å². The summed E-state index contributed by atoms with van der Waals surface area (Å²) in [6.07, 6.45) is 27.7. The highest BCUT2D eigenvalue weighted by atomic mass is 16.5. The second-order valence-corrected chi connectivity index (χ2v) is 8.90. The molecule has 2 rings (SSSR count). The number of unbranched alkanes of at least 4 members (excludes halogenated alkanes) is 3. The van der Waals surface area contributed by atoms with Crippen molar-refractivity contribution in [1.82, 2.24) is 0 Å². The molecule has 0 aliphatic heterocycles. The van der Waals surface area contributed by atoms with E-state index >= 15 is 0 Å². The molecule has 0 unspecified atom stereocenters. The first-order chi connectivity index (χ1) is 12.3. The summed E-state index contributed by atoms with van der Waals surface area (Å²) in [5.74, 6) is 0.987. The van der Waals surface area contributed by atoms with Crippen molar-refractivity contribution in [3.8, 4) is 0 Å². The van der Waals surface area contributed by atoms with Crippen molar-refractivity contribution in [2.24, 2.45) is 11.3 Å². The molecule has 0 heterocycles. The zero-order chi connectivity index (χ0) is 17.8. The summed E-state index contributed by atoms with van der Waals surface area (Å²) in [4.78, 5) is 0. The van der Waals surface area contributed by atoms with Crippen LogP contribution in [0, 0.1) is 11.3 Å². The quantitative estimate of drug-likeness (QED) is 0.273. The van der Waals surface area contributed by atoms with Gasteiger partial charge in [0.15, 0.2) is 0 Å². The summed E-state index contributed by atoms with van der Waals surface area (Å²) in [5.41, 5.74) is 0.508. The van der Waals surface area contributed by atoms with E-state index in [-0.39, 0.29) is 0 Å². The van der Waals surface area contributed by atoms with Gasteiger partial charge in [0.2, 0.25) is 0 Å². The summed E-state index contributed by atoms with van der Waals surface area (Å²) < 4.78 is 6.21. The topological polar surface area (TPSA) is 9.23 Å². The van der Waals surface area contributed by atoms with Gasteiger partial charge >= 0.3 is 0 Å². The number of allylic oxidation sites excluding steroid dienone is 1. The molecule has 1 nitrogen and oxygen atoms in total. The van der Waals surface area contributed by atoms with Gasteiger partial charge in [0.25, 0.3) is 0 Å². The molecule has 2 saturated carbocycles. The van der Waals surface area contributed by atoms with Crippen molar-refractivity contribution in [2.45, 2.75) is 123 Å². The lowest BCUT2D eigenvalue weighted by Crippen LogP contribution is -2.23. The molecule has 0 N–H and O–H groups in total. The predicted octanol–water partition coefficient (Wildman–Crippen LogP) is 7.84. The van der Waals surface area contributed by atoms with Gasteiger partial charge in [-0.05, 0) is 56.3 Å². The van der Waals surface area contributed by atoms with Crippen LogP contribution in [-0.4, -0.2) is 12.7 Å². The monoisotopic (exact) mass is 348 g/mol. The van der Waals surface area contributed by atoms with E-state index in [4.69, 9.17) is 4.74 Å². The molecule has 0 saturated heterocycles. The van der Waals surface area contributed by atoms with Gasteiger partial charge in [-0.1, -0.05) is 83.8 Å². The molecule has 2 aliphatic carbocycles. The zero-order valence-electron chi connectivity index (χ0n) is 17.2. The molecule has 0 atom stereocenters. The van der Waals surface area contributed by atoms with Crippen LogP contribution in [0.5, 0.6) is 0 Å². The molecule has 0 aromatic rings. The third-order valence-electron chi connectivity index (χ3n) is 6.79. The van der Waals surface area contributed by atoms with Gasteiger partial charge < -0.3 is 4.74 Å². The van der Waals surface area contributed by atoms with Crippen LogP contribution in [0.25, 0.3) is 0 Å². The van der Waals surface area contributed by atoms with E-state index in [0.717, 1.165) is 12.5 Å². The standard InChI is InChI=1S/C24H44O/c1-3-5-8-12-22-13-15-23(16-14-22)25-21-11-20-24(17-6-4-2)18-9-7-10-19-24/h11,20,22-23H,3-10,12-19,21H2,1-2H3/b20-11+. The maximum absolute atomic E-state index is 6.21. The Bertz CT molecular complexity index is 345.